The minimum Gasteiger partial charge on any atom is -0.376 e. The maximum atomic E-state index is 12.7. The van der Waals surface area contributed by atoms with Gasteiger partial charge in [0.1, 0.15) is 16.4 Å². The molecule has 2 unspecified atom stereocenters. The minimum absolute atomic E-state index is 0.0166. The second-order valence-corrected chi connectivity index (χ2v) is 11.7. The predicted molar refractivity (Wildman–Crippen MR) is 115 cm³/mol. The number of ether oxygens (including phenoxy) is 1. The molecule has 0 aromatic carbocycles. The Balaban J connectivity index is 1.53. The summed E-state index contributed by atoms with van der Waals surface area (Å²) in [6, 6.07) is 0.0996. The summed E-state index contributed by atoms with van der Waals surface area (Å²) < 4.78 is 24.8. The fourth-order valence-electron chi connectivity index (χ4n) is 4.23. The monoisotopic (exact) mass is 469 g/mol. The third-order valence-corrected chi connectivity index (χ3v) is 8.17. The van der Waals surface area contributed by atoms with Crippen molar-refractivity contribution in [3.63, 3.8) is 0 Å². The van der Waals surface area contributed by atoms with E-state index in [9.17, 15) is 4.21 Å². The maximum Gasteiger partial charge on any atom is 0.154 e. The van der Waals surface area contributed by atoms with Gasteiger partial charge in [-0.2, -0.15) is 0 Å². The summed E-state index contributed by atoms with van der Waals surface area (Å²) in [5.41, 5.74) is 1.02. The highest BCUT2D eigenvalue weighted by atomic mass is 79.9. The van der Waals surface area contributed by atoms with Crippen molar-refractivity contribution in [1.29, 1.82) is 0 Å². The molecule has 2 aliphatic rings. The lowest BCUT2D eigenvalue weighted by molar-refractivity contribution is 0.0973. The van der Waals surface area contributed by atoms with Crippen molar-refractivity contribution in [2.75, 3.05) is 24.6 Å². The van der Waals surface area contributed by atoms with Crippen molar-refractivity contribution in [3.05, 3.63) is 23.3 Å². The quantitative estimate of drug-likeness (QED) is 0.747. The van der Waals surface area contributed by atoms with Crippen LogP contribution >= 0.6 is 15.9 Å². The van der Waals surface area contributed by atoms with Gasteiger partial charge in [0.05, 0.1) is 46.9 Å². The highest BCUT2D eigenvalue weighted by Gasteiger charge is 2.50. The molecule has 4 rings (SSSR count). The Morgan fingerprint density at radius 1 is 1.32 bits per heavy atom. The predicted octanol–water partition coefficient (Wildman–Crippen LogP) is 2.92. The molecule has 28 heavy (non-hydrogen) atoms. The van der Waals surface area contributed by atoms with Gasteiger partial charge in [0, 0.05) is 18.5 Å². The van der Waals surface area contributed by atoms with E-state index in [1.807, 2.05) is 37.6 Å². The van der Waals surface area contributed by atoms with Crippen LogP contribution in [0.25, 0.3) is 5.52 Å². The van der Waals surface area contributed by atoms with Crippen LogP contribution in [-0.2, 0) is 15.7 Å². The number of aromatic nitrogens is 3. The highest BCUT2D eigenvalue weighted by molar-refractivity contribution is 9.10. The number of halogens is 1. The van der Waals surface area contributed by atoms with Crippen LogP contribution in [-0.4, -0.2) is 55.2 Å². The van der Waals surface area contributed by atoms with Crippen LogP contribution in [0.3, 0.4) is 0 Å². The Bertz CT molecular complexity index is 888. The normalized spacial score (nSPS) is 26.2. The summed E-state index contributed by atoms with van der Waals surface area (Å²) in [6.45, 7) is 10.6. The molecule has 0 amide bonds. The molecular formula is C19H28BrN5O2S. The summed E-state index contributed by atoms with van der Waals surface area (Å²) in [4.78, 5) is 11.3. The third kappa shape index (κ3) is 3.51. The third-order valence-electron chi connectivity index (χ3n) is 6.00. The van der Waals surface area contributed by atoms with Crippen LogP contribution < -0.4 is 9.62 Å². The zero-order valence-electron chi connectivity index (χ0n) is 16.8. The minimum atomic E-state index is -1.11. The van der Waals surface area contributed by atoms with E-state index in [-0.39, 0.29) is 22.3 Å². The average Bonchev–Trinajstić information content (AvgIpc) is 3.24. The van der Waals surface area contributed by atoms with Gasteiger partial charge in [-0.3, -0.25) is 4.40 Å². The summed E-state index contributed by atoms with van der Waals surface area (Å²) in [5.74, 6) is 0.963. The van der Waals surface area contributed by atoms with E-state index in [4.69, 9.17) is 4.74 Å². The number of nitrogens with one attached hydrogen (secondary N) is 1. The van der Waals surface area contributed by atoms with Crippen molar-refractivity contribution in [1.82, 2.24) is 19.1 Å². The van der Waals surface area contributed by atoms with E-state index in [1.165, 1.54) is 0 Å². The number of hydrogen-bond acceptors (Lipinski definition) is 5. The first-order valence-corrected chi connectivity index (χ1v) is 11.7. The molecule has 2 aromatic heterocycles. The topological polar surface area (TPSA) is 71.8 Å². The van der Waals surface area contributed by atoms with Crippen molar-refractivity contribution in [2.24, 2.45) is 5.41 Å². The summed E-state index contributed by atoms with van der Waals surface area (Å²) in [6.07, 6.45) is 7.50. The largest absolute Gasteiger partial charge is 0.376 e. The molecule has 9 heteroatoms. The number of rotatable bonds is 3. The van der Waals surface area contributed by atoms with Gasteiger partial charge in [0.25, 0.3) is 0 Å². The SMILES string of the molecule is C[C@@H]1OCC2(CCN(c3ncc(Br)n4cncc34)CC2)C1NS(=O)C(C)(C)C. The zero-order valence-corrected chi connectivity index (χ0v) is 19.2. The first-order valence-electron chi connectivity index (χ1n) is 9.72. The number of hydrogen-bond donors (Lipinski definition) is 1. The van der Waals surface area contributed by atoms with Gasteiger partial charge in [-0.05, 0) is 56.5 Å². The molecule has 0 aliphatic carbocycles. The number of nitrogens with zero attached hydrogens (tertiary/aromatic N) is 4. The molecule has 0 bridgehead atoms. The van der Waals surface area contributed by atoms with Gasteiger partial charge < -0.3 is 9.64 Å². The first-order chi connectivity index (χ1) is 13.2. The lowest BCUT2D eigenvalue weighted by Crippen LogP contribution is -2.55. The van der Waals surface area contributed by atoms with E-state index >= 15 is 0 Å². The van der Waals surface area contributed by atoms with E-state index in [2.05, 4.69) is 42.4 Å². The number of fused-ring (bicyclic) bond motifs is 1. The molecule has 7 nitrogen and oxygen atoms in total. The molecule has 2 fully saturated rings. The van der Waals surface area contributed by atoms with Gasteiger partial charge >= 0.3 is 0 Å². The molecule has 3 atom stereocenters. The lowest BCUT2D eigenvalue weighted by Gasteiger charge is -2.43. The van der Waals surface area contributed by atoms with E-state index in [1.54, 1.807) is 6.33 Å². The van der Waals surface area contributed by atoms with Crippen LogP contribution in [0.1, 0.15) is 40.5 Å². The molecule has 0 saturated carbocycles. The lowest BCUT2D eigenvalue weighted by atomic mass is 9.73. The van der Waals surface area contributed by atoms with E-state index in [0.717, 1.165) is 48.5 Å². The van der Waals surface area contributed by atoms with Crippen LogP contribution in [0.15, 0.2) is 23.3 Å². The standard InChI is InChI=1S/C19H28BrN5O2S/c1-13-16(23-28(26)18(2,3)4)19(11-27-13)5-7-24(8-6-19)17-14-9-21-12-25(14)15(20)10-22-17/h9-10,12-13,16,23H,5-8,11H2,1-4H3/t13-,16?,28?/m0/s1. The fourth-order valence-corrected chi connectivity index (χ4v) is 5.64. The van der Waals surface area contributed by atoms with Crippen LogP contribution in [0.2, 0.25) is 0 Å². The van der Waals surface area contributed by atoms with Crippen molar-refractivity contribution in [3.8, 4) is 0 Å². The van der Waals surface area contributed by atoms with Crippen molar-refractivity contribution >= 4 is 38.3 Å². The van der Waals surface area contributed by atoms with Gasteiger partial charge in [-0.15, -0.1) is 0 Å². The second-order valence-electron chi connectivity index (χ2n) is 8.90. The summed E-state index contributed by atoms with van der Waals surface area (Å²) >= 11 is 3.52. The average molecular weight is 470 g/mol. The number of imidazole rings is 1. The van der Waals surface area contributed by atoms with Crippen LogP contribution in [0.4, 0.5) is 5.82 Å². The van der Waals surface area contributed by atoms with Gasteiger partial charge in [-0.25, -0.2) is 18.9 Å². The summed E-state index contributed by atoms with van der Waals surface area (Å²) in [7, 11) is -1.11. The molecular weight excluding hydrogens is 442 g/mol. The van der Waals surface area contributed by atoms with E-state index in [0.29, 0.717) is 0 Å². The summed E-state index contributed by atoms with van der Waals surface area (Å²) in [5, 5.41) is 0. The van der Waals surface area contributed by atoms with Gasteiger partial charge in [0.2, 0.25) is 0 Å². The zero-order chi connectivity index (χ0) is 20.1. The van der Waals surface area contributed by atoms with Crippen LogP contribution in [0, 0.1) is 5.41 Å². The first kappa shape index (κ1) is 20.3. The van der Waals surface area contributed by atoms with E-state index < -0.39 is 11.0 Å². The Labute approximate surface area is 177 Å². The molecule has 2 aliphatic heterocycles. The van der Waals surface area contributed by atoms with Gasteiger partial charge in [0.15, 0.2) is 5.82 Å². The molecule has 2 aromatic rings. The smallest absolute Gasteiger partial charge is 0.154 e. The molecule has 1 N–H and O–H groups in total. The molecule has 0 radical (unpaired) electrons. The Morgan fingerprint density at radius 2 is 2.04 bits per heavy atom. The highest BCUT2D eigenvalue weighted by Crippen LogP contribution is 2.43. The fraction of sp³-hybridized carbons (Fsp3) is 0.684. The number of anilines is 1. The van der Waals surface area contributed by atoms with Crippen LogP contribution in [0.5, 0.6) is 0 Å². The molecule has 1 spiro atoms. The number of piperidine rings is 1. The Hall–Kier alpha value is -1.03. The second kappa shape index (κ2) is 7.34. The Kier molecular flexibility index (Phi) is 5.31. The maximum absolute atomic E-state index is 12.7. The molecule has 154 valence electrons. The molecule has 4 heterocycles. The van der Waals surface area contributed by atoms with Crippen molar-refractivity contribution in [2.45, 2.75) is 57.4 Å². The van der Waals surface area contributed by atoms with Gasteiger partial charge in [-0.1, -0.05) is 0 Å². The molecule has 2 saturated heterocycles. The van der Waals surface area contributed by atoms with Crippen molar-refractivity contribution < 1.29 is 8.95 Å². The Morgan fingerprint density at radius 3 is 2.71 bits per heavy atom.